The van der Waals surface area contributed by atoms with Crippen molar-refractivity contribution >= 4 is 21.4 Å². The van der Waals surface area contributed by atoms with E-state index in [1.54, 1.807) is 19.2 Å². The van der Waals surface area contributed by atoms with E-state index < -0.39 is 10.0 Å². The number of nitrogens with two attached hydrogens (primary N) is 2. The monoisotopic (exact) mass is 285 g/mol. The van der Waals surface area contributed by atoms with E-state index in [9.17, 15) is 8.42 Å². The van der Waals surface area contributed by atoms with Gasteiger partial charge in [-0.1, -0.05) is 0 Å². The maximum atomic E-state index is 11.4. The minimum Gasteiger partial charge on any atom is -0.397 e. The fraction of sp³-hybridized carbons (Fsp3) is 0.500. The highest BCUT2D eigenvalue weighted by atomic mass is 32.2. The van der Waals surface area contributed by atoms with Crippen LogP contribution in [0.15, 0.2) is 23.1 Å². The molecule has 1 aromatic rings. The standard InChI is InChI=1S/C12H19N3O3S/c1-18-7-6-15(9-2-3-9)12-8-10(19(14,16)17)4-5-11(12)13/h4-5,8-9H,2-3,6-7,13H2,1H3,(H2,14,16,17). The van der Waals surface area contributed by atoms with Crippen molar-refractivity contribution in [3.63, 3.8) is 0 Å². The van der Waals surface area contributed by atoms with E-state index in [1.165, 1.54) is 6.07 Å². The maximum Gasteiger partial charge on any atom is 0.238 e. The molecule has 106 valence electrons. The maximum absolute atomic E-state index is 11.4. The van der Waals surface area contributed by atoms with Crippen molar-refractivity contribution in [3.05, 3.63) is 18.2 Å². The number of ether oxygens (including phenoxy) is 1. The lowest BCUT2D eigenvalue weighted by Crippen LogP contribution is -2.30. The molecule has 0 bridgehead atoms. The van der Waals surface area contributed by atoms with E-state index >= 15 is 0 Å². The average Bonchev–Trinajstić information content (AvgIpc) is 3.14. The van der Waals surface area contributed by atoms with Gasteiger partial charge in [0, 0.05) is 19.7 Å². The summed E-state index contributed by atoms with van der Waals surface area (Å²) in [6, 6.07) is 4.96. The molecule has 6 nitrogen and oxygen atoms in total. The van der Waals surface area contributed by atoms with Crippen molar-refractivity contribution in [1.29, 1.82) is 0 Å². The van der Waals surface area contributed by atoms with Crippen molar-refractivity contribution in [2.75, 3.05) is 30.9 Å². The van der Waals surface area contributed by atoms with Gasteiger partial charge in [-0.05, 0) is 31.0 Å². The number of rotatable bonds is 6. The molecule has 1 fully saturated rings. The van der Waals surface area contributed by atoms with E-state index in [1.807, 2.05) is 0 Å². The Morgan fingerprint density at radius 3 is 2.63 bits per heavy atom. The van der Waals surface area contributed by atoms with Crippen molar-refractivity contribution < 1.29 is 13.2 Å². The lowest BCUT2D eigenvalue weighted by Gasteiger charge is -2.26. The Kier molecular flexibility index (Phi) is 3.98. The summed E-state index contributed by atoms with van der Waals surface area (Å²) in [7, 11) is -2.08. The SMILES string of the molecule is COCCN(c1cc(S(N)(=O)=O)ccc1N)C1CC1. The highest BCUT2D eigenvalue weighted by Crippen LogP contribution is 2.35. The third-order valence-corrected chi connectivity index (χ3v) is 4.07. The predicted octanol–water partition coefficient (Wildman–Crippen LogP) is 0.531. The van der Waals surface area contributed by atoms with Crippen LogP contribution in [0.1, 0.15) is 12.8 Å². The van der Waals surface area contributed by atoms with E-state index in [-0.39, 0.29) is 4.90 Å². The van der Waals surface area contributed by atoms with Gasteiger partial charge in [0.2, 0.25) is 10.0 Å². The number of hydrogen-bond donors (Lipinski definition) is 2. The molecule has 1 aliphatic rings. The van der Waals surface area contributed by atoms with Gasteiger partial charge in [0.15, 0.2) is 0 Å². The largest absolute Gasteiger partial charge is 0.397 e. The topological polar surface area (TPSA) is 98.6 Å². The number of nitrogens with zero attached hydrogens (tertiary/aromatic N) is 1. The Bertz CT molecular complexity index is 555. The molecule has 7 heteroatoms. The second-order valence-electron chi connectivity index (χ2n) is 4.68. The molecule has 0 spiro atoms. The van der Waals surface area contributed by atoms with E-state index in [4.69, 9.17) is 15.6 Å². The third kappa shape index (κ3) is 3.37. The zero-order chi connectivity index (χ0) is 14.0. The van der Waals surface area contributed by atoms with Crippen LogP contribution < -0.4 is 15.8 Å². The molecule has 0 aliphatic heterocycles. The molecule has 4 N–H and O–H groups in total. The molecule has 0 atom stereocenters. The third-order valence-electron chi connectivity index (χ3n) is 3.16. The van der Waals surface area contributed by atoms with Crippen LogP contribution in [-0.2, 0) is 14.8 Å². The fourth-order valence-electron chi connectivity index (χ4n) is 2.02. The normalized spacial score (nSPS) is 15.5. The van der Waals surface area contributed by atoms with Crippen LogP contribution in [0.25, 0.3) is 0 Å². The number of sulfonamides is 1. The van der Waals surface area contributed by atoms with Gasteiger partial charge in [0.25, 0.3) is 0 Å². The summed E-state index contributed by atoms with van der Waals surface area (Å²) >= 11 is 0. The summed E-state index contributed by atoms with van der Waals surface area (Å²) in [5.41, 5.74) is 7.22. The Balaban J connectivity index is 2.35. The van der Waals surface area contributed by atoms with Crippen LogP contribution in [0.5, 0.6) is 0 Å². The van der Waals surface area contributed by atoms with Gasteiger partial charge >= 0.3 is 0 Å². The molecular weight excluding hydrogens is 266 g/mol. The van der Waals surface area contributed by atoms with Crippen LogP contribution in [0.2, 0.25) is 0 Å². The Labute approximate surface area is 113 Å². The van der Waals surface area contributed by atoms with Gasteiger partial charge in [-0.2, -0.15) is 0 Å². The summed E-state index contributed by atoms with van der Waals surface area (Å²) in [6.07, 6.45) is 2.17. The molecular formula is C12H19N3O3S. The van der Waals surface area contributed by atoms with Gasteiger partial charge in [0.05, 0.1) is 22.9 Å². The minimum absolute atomic E-state index is 0.0831. The van der Waals surface area contributed by atoms with Crippen LogP contribution >= 0.6 is 0 Å². The lowest BCUT2D eigenvalue weighted by molar-refractivity contribution is 0.205. The first-order valence-corrected chi connectivity index (χ1v) is 7.66. The van der Waals surface area contributed by atoms with E-state index in [0.717, 1.165) is 12.8 Å². The lowest BCUT2D eigenvalue weighted by atomic mass is 10.2. The molecule has 0 saturated heterocycles. The molecule has 0 radical (unpaired) electrons. The highest BCUT2D eigenvalue weighted by molar-refractivity contribution is 7.89. The summed E-state index contributed by atoms with van der Waals surface area (Å²) in [5.74, 6) is 0. The minimum atomic E-state index is -3.71. The van der Waals surface area contributed by atoms with Gasteiger partial charge in [-0.15, -0.1) is 0 Å². The Morgan fingerprint density at radius 1 is 1.42 bits per heavy atom. The zero-order valence-corrected chi connectivity index (χ0v) is 11.7. The van der Waals surface area contributed by atoms with Crippen molar-refractivity contribution in [2.24, 2.45) is 5.14 Å². The second-order valence-corrected chi connectivity index (χ2v) is 6.24. The van der Waals surface area contributed by atoms with Gasteiger partial charge in [0.1, 0.15) is 0 Å². The van der Waals surface area contributed by atoms with Crippen LogP contribution in [0.4, 0.5) is 11.4 Å². The molecule has 0 amide bonds. The molecule has 2 rings (SSSR count). The van der Waals surface area contributed by atoms with Crippen molar-refractivity contribution in [1.82, 2.24) is 0 Å². The van der Waals surface area contributed by atoms with Crippen molar-refractivity contribution in [2.45, 2.75) is 23.8 Å². The molecule has 1 aromatic carbocycles. The van der Waals surface area contributed by atoms with Gasteiger partial charge in [-0.25, -0.2) is 13.6 Å². The molecule has 19 heavy (non-hydrogen) atoms. The van der Waals surface area contributed by atoms with E-state index in [2.05, 4.69) is 4.90 Å². The first-order valence-electron chi connectivity index (χ1n) is 6.11. The molecule has 0 heterocycles. The molecule has 1 saturated carbocycles. The summed E-state index contributed by atoms with van der Waals surface area (Å²) in [6.45, 7) is 1.25. The van der Waals surface area contributed by atoms with Crippen molar-refractivity contribution in [3.8, 4) is 0 Å². The summed E-state index contributed by atoms with van der Waals surface area (Å²) in [4.78, 5) is 2.17. The number of hydrogen-bond acceptors (Lipinski definition) is 5. The first-order chi connectivity index (χ1) is 8.93. The summed E-state index contributed by atoms with van der Waals surface area (Å²) < 4.78 is 27.9. The first kappa shape index (κ1) is 14.1. The van der Waals surface area contributed by atoms with Gasteiger partial charge < -0.3 is 15.4 Å². The average molecular weight is 285 g/mol. The van der Waals surface area contributed by atoms with Crippen LogP contribution in [-0.4, -0.2) is 34.7 Å². The van der Waals surface area contributed by atoms with Crippen LogP contribution in [0, 0.1) is 0 Å². The quantitative estimate of drug-likeness (QED) is 0.743. The number of anilines is 2. The summed E-state index contributed by atoms with van der Waals surface area (Å²) in [5, 5.41) is 5.16. The number of benzene rings is 1. The number of primary sulfonamides is 1. The number of methoxy groups -OCH3 is 1. The molecule has 0 unspecified atom stereocenters. The smallest absolute Gasteiger partial charge is 0.238 e. The number of nitrogen functional groups attached to an aromatic ring is 1. The fourth-order valence-corrected chi connectivity index (χ4v) is 2.56. The second kappa shape index (κ2) is 5.36. The van der Waals surface area contributed by atoms with E-state index in [0.29, 0.717) is 30.6 Å². The zero-order valence-electron chi connectivity index (χ0n) is 10.9. The van der Waals surface area contributed by atoms with Crippen LogP contribution in [0.3, 0.4) is 0 Å². The predicted molar refractivity (Wildman–Crippen MR) is 74.5 cm³/mol. The molecule has 1 aliphatic carbocycles. The Morgan fingerprint density at radius 2 is 2.11 bits per heavy atom. The van der Waals surface area contributed by atoms with Gasteiger partial charge in [-0.3, -0.25) is 0 Å². The molecule has 0 aromatic heterocycles. The highest BCUT2D eigenvalue weighted by Gasteiger charge is 2.30. The Hall–Kier alpha value is -1.31.